The first-order valence-corrected chi connectivity index (χ1v) is 12.9. The van der Waals surface area contributed by atoms with E-state index >= 15 is 0 Å². The van der Waals surface area contributed by atoms with E-state index in [-0.39, 0.29) is 11.8 Å². The molecule has 1 aliphatic rings. The van der Waals surface area contributed by atoms with Crippen molar-refractivity contribution < 1.29 is 13.7 Å². The molecule has 1 aromatic heterocycles. The highest BCUT2D eigenvalue weighted by atomic mass is 79.9. The smallest absolute Gasteiger partial charge is 0.257 e. The van der Waals surface area contributed by atoms with Gasteiger partial charge in [0.1, 0.15) is 5.75 Å². The molecule has 2 aromatic rings. The van der Waals surface area contributed by atoms with Crippen molar-refractivity contribution in [3.05, 3.63) is 40.5 Å². The molecular weight excluding hydrogens is 480 g/mol. The molecule has 1 unspecified atom stereocenters. The highest BCUT2D eigenvalue weighted by molar-refractivity contribution is 9.10. The average Bonchev–Trinajstić information content (AvgIpc) is 2.67. The monoisotopic (exact) mass is 506 g/mol. The Hall–Kier alpha value is -2.26. The second-order valence-corrected chi connectivity index (χ2v) is 10.7. The van der Waals surface area contributed by atoms with Gasteiger partial charge in [-0.15, -0.1) is 0 Å². The van der Waals surface area contributed by atoms with Crippen molar-refractivity contribution in [3.63, 3.8) is 0 Å². The van der Waals surface area contributed by atoms with Crippen LogP contribution in [0.1, 0.15) is 31.9 Å². The maximum absolute atomic E-state index is 13.1. The third kappa shape index (κ3) is 5.92. The lowest BCUT2D eigenvalue weighted by Gasteiger charge is -2.21. The zero-order valence-electron chi connectivity index (χ0n) is 18.2. The fourth-order valence-corrected chi connectivity index (χ4v) is 4.48. The molecule has 1 aliphatic carbocycles. The highest BCUT2D eigenvalue weighted by Crippen LogP contribution is 2.34. The number of hydrogen-bond acceptors (Lipinski definition) is 5. The van der Waals surface area contributed by atoms with Gasteiger partial charge in [-0.2, -0.15) is 4.36 Å². The molecule has 0 N–H and O–H groups in total. The summed E-state index contributed by atoms with van der Waals surface area (Å²) >= 11 is 3.49. The van der Waals surface area contributed by atoms with Crippen LogP contribution in [0.25, 0.3) is 0 Å². The number of nitrogens with zero attached hydrogens (tertiary/aromatic N) is 4. The number of hydrogen-bond donors (Lipinski definition) is 0. The number of carbonyl (C=O) groups is 1. The normalized spacial score (nSPS) is 15.9. The molecule has 9 heteroatoms. The zero-order chi connectivity index (χ0) is 22.6. The molecule has 1 fully saturated rings. The van der Waals surface area contributed by atoms with Gasteiger partial charge in [-0.3, -0.25) is 4.79 Å². The Kier molecular flexibility index (Phi) is 7.48. The van der Waals surface area contributed by atoms with Gasteiger partial charge in [-0.1, -0.05) is 12.5 Å². The van der Waals surface area contributed by atoms with Crippen molar-refractivity contribution in [2.75, 3.05) is 19.8 Å². The molecule has 1 aromatic carbocycles. The van der Waals surface area contributed by atoms with E-state index in [2.05, 4.69) is 30.3 Å². The van der Waals surface area contributed by atoms with Crippen LogP contribution in [-0.2, 0) is 14.5 Å². The van der Waals surface area contributed by atoms with Crippen molar-refractivity contribution in [2.24, 2.45) is 15.3 Å². The van der Waals surface area contributed by atoms with Crippen LogP contribution in [-0.4, -0.2) is 46.2 Å². The van der Waals surface area contributed by atoms with Gasteiger partial charge in [-0.05, 0) is 66.9 Å². The molecule has 0 aliphatic heterocycles. The van der Waals surface area contributed by atoms with E-state index in [1.807, 2.05) is 31.9 Å². The lowest BCUT2D eigenvalue weighted by atomic mass is 9.85. The minimum Gasteiger partial charge on any atom is -0.438 e. The number of aryl methyl sites for hydroxylation is 1. The van der Waals surface area contributed by atoms with E-state index in [1.54, 1.807) is 30.6 Å². The number of amides is 1. The summed E-state index contributed by atoms with van der Waals surface area (Å²) in [5, 5.41) is 0. The Morgan fingerprint density at radius 1 is 1.39 bits per heavy atom. The fourth-order valence-electron chi connectivity index (χ4n) is 2.83. The quantitative estimate of drug-likeness (QED) is 0.373. The van der Waals surface area contributed by atoms with Crippen LogP contribution in [0.2, 0.25) is 0 Å². The summed E-state index contributed by atoms with van der Waals surface area (Å²) in [6.07, 6.45) is 5.93. The van der Waals surface area contributed by atoms with E-state index < -0.39 is 9.73 Å². The first-order valence-electron chi connectivity index (χ1n) is 10.1. The number of carbonyl (C=O) groups excluding carboxylic acids is 1. The van der Waals surface area contributed by atoms with Crippen LogP contribution in [0.15, 0.2) is 49.1 Å². The molecule has 0 spiro atoms. The molecule has 166 valence electrons. The van der Waals surface area contributed by atoms with Crippen molar-refractivity contribution >= 4 is 43.6 Å². The molecular formula is C22H27BrN4O3S. The van der Waals surface area contributed by atoms with Crippen LogP contribution in [0.3, 0.4) is 0 Å². The number of ether oxygens (including phenoxy) is 1. The van der Waals surface area contributed by atoms with Crippen LogP contribution >= 0.6 is 15.9 Å². The second kappa shape index (κ2) is 9.91. The molecule has 1 saturated carbocycles. The summed E-state index contributed by atoms with van der Waals surface area (Å²) in [5.41, 5.74) is 1.45. The van der Waals surface area contributed by atoms with Crippen LogP contribution in [0.4, 0.5) is 5.69 Å². The number of halogens is 1. The topological polar surface area (TPSA) is 84.2 Å². The molecule has 0 radical (unpaired) electrons. The number of pyridine rings is 1. The molecule has 31 heavy (non-hydrogen) atoms. The van der Waals surface area contributed by atoms with Crippen molar-refractivity contribution in [1.82, 2.24) is 9.88 Å². The third-order valence-corrected chi connectivity index (χ3v) is 7.40. The van der Waals surface area contributed by atoms with Gasteiger partial charge >= 0.3 is 0 Å². The van der Waals surface area contributed by atoms with Gasteiger partial charge in [-0.25, -0.2) is 14.2 Å². The van der Waals surface area contributed by atoms with Crippen molar-refractivity contribution in [3.8, 4) is 11.6 Å². The predicted octanol–water partition coefficient (Wildman–Crippen LogP) is 5.34. The number of benzene rings is 1. The molecule has 1 heterocycles. The third-order valence-electron chi connectivity index (χ3n) is 5.18. The summed E-state index contributed by atoms with van der Waals surface area (Å²) in [6.45, 7) is 4.76. The van der Waals surface area contributed by atoms with Gasteiger partial charge in [0.2, 0.25) is 5.88 Å². The van der Waals surface area contributed by atoms with Crippen LogP contribution in [0, 0.1) is 12.8 Å². The number of rotatable bonds is 7. The SMILES string of the molecule is CCN(C)C=Nc1cc(Br)c(Oc2cccc(S(C)(=O)=NC(=O)C3CCC3)c2)nc1C. The lowest BCUT2D eigenvalue weighted by Crippen LogP contribution is -2.21. The maximum Gasteiger partial charge on any atom is 0.257 e. The summed E-state index contributed by atoms with van der Waals surface area (Å²) in [5.74, 6) is 0.493. The maximum atomic E-state index is 13.1. The lowest BCUT2D eigenvalue weighted by molar-refractivity contribution is -0.123. The van der Waals surface area contributed by atoms with Gasteiger partial charge in [0.05, 0.1) is 36.8 Å². The summed E-state index contributed by atoms with van der Waals surface area (Å²) in [6, 6.07) is 8.67. The van der Waals surface area contributed by atoms with Gasteiger partial charge in [0.25, 0.3) is 5.91 Å². The standard InChI is InChI=1S/C22H27BrN4O3S/c1-5-27(3)14-24-20-13-19(23)22(25-15(20)2)30-17-10-7-11-18(12-17)31(4,29)26-21(28)16-8-6-9-16/h7,10-14,16H,5-6,8-9H2,1-4H3. The summed E-state index contributed by atoms with van der Waals surface area (Å²) in [7, 11) is -0.901. The Bertz CT molecular complexity index is 1120. The highest BCUT2D eigenvalue weighted by Gasteiger charge is 2.26. The van der Waals surface area contributed by atoms with E-state index in [0.717, 1.165) is 37.2 Å². The predicted molar refractivity (Wildman–Crippen MR) is 127 cm³/mol. The molecule has 0 saturated heterocycles. The van der Waals surface area contributed by atoms with Crippen LogP contribution in [0.5, 0.6) is 11.6 Å². The van der Waals surface area contributed by atoms with E-state index in [9.17, 15) is 9.00 Å². The zero-order valence-corrected chi connectivity index (χ0v) is 20.6. The average molecular weight is 507 g/mol. The van der Waals surface area contributed by atoms with Crippen molar-refractivity contribution in [2.45, 2.75) is 38.0 Å². The second-order valence-electron chi connectivity index (χ2n) is 7.63. The Labute approximate surface area is 192 Å². The first-order chi connectivity index (χ1) is 14.7. The number of aromatic nitrogens is 1. The Morgan fingerprint density at radius 2 is 2.13 bits per heavy atom. The molecule has 1 amide bonds. The molecule has 1 atom stereocenters. The Balaban J connectivity index is 1.83. The van der Waals surface area contributed by atoms with Gasteiger partial charge in [0.15, 0.2) is 0 Å². The summed E-state index contributed by atoms with van der Waals surface area (Å²) in [4.78, 5) is 23.6. The van der Waals surface area contributed by atoms with E-state index in [0.29, 0.717) is 21.0 Å². The Morgan fingerprint density at radius 3 is 2.77 bits per heavy atom. The minimum absolute atomic E-state index is 0.0818. The van der Waals surface area contributed by atoms with Crippen LogP contribution < -0.4 is 4.74 Å². The number of aliphatic imine (C=N–C) groups is 1. The van der Waals surface area contributed by atoms with E-state index in [1.165, 1.54) is 6.26 Å². The van der Waals surface area contributed by atoms with Crippen molar-refractivity contribution in [1.29, 1.82) is 0 Å². The minimum atomic E-state index is -2.85. The molecule has 3 rings (SSSR count). The largest absolute Gasteiger partial charge is 0.438 e. The summed E-state index contributed by atoms with van der Waals surface area (Å²) < 4.78 is 23.7. The van der Waals surface area contributed by atoms with Gasteiger partial charge < -0.3 is 9.64 Å². The van der Waals surface area contributed by atoms with Gasteiger partial charge in [0, 0.05) is 25.8 Å². The first kappa shape index (κ1) is 23.4. The molecule has 7 nitrogen and oxygen atoms in total. The fraction of sp³-hybridized carbons (Fsp3) is 0.409. The van der Waals surface area contributed by atoms with E-state index in [4.69, 9.17) is 4.74 Å². The molecule has 0 bridgehead atoms.